The zero-order valence-electron chi connectivity index (χ0n) is 13.9. The van der Waals surface area contributed by atoms with Crippen molar-refractivity contribution in [3.05, 3.63) is 77.6 Å². The number of hydrogen-bond donors (Lipinski definition) is 0. The van der Waals surface area contributed by atoms with Crippen LogP contribution in [-0.2, 0) is 10.8 Å². The van der Waals surface area contributed by atoms with Gasteiger partial charge in [0.25, 0.3) is 0 Å². The van der Waals surface area contributed by atoms with Gasteiger partial charge in [-0.05, 0) is 47.6 Å². The van der Waals surface area contributed by atoms with Gasteiger partial charge in [-0.25, -0.2) is 0 Å². The van der Waals surface area contributed by atoms with Gasteiger partial charge < -0.3 is 4.74 Å². The molecule has 0 radical (unpaired) electrons. The van der Waals surface area contributed by atoms with Crippen LogP contribution in [0.3, 0.4) is 0 Å². The van der Waals surface area contributed by atoms with E-state index < -0.39 is 0 Å². The number of rotatable bonds is 3. The zero-order chi connectivity index (χ0) is 16.0. The van der Waals surface area contributed by atoms with Gasteiger partial charge in [0.15, 0.2) is 0 Å². The Morgan fingerprint density at radius 1 is 0.955 bits per heavy atom. The summed E-state index contributed by atoms with van der Waals surface area (Å²) in [7, 11) is 0. The molecule has 1 aliphatic rings. The number of allylic oxidation sites excluding steroid dienone is 1. The highest BCUT2D eigenvalue weighted by molar-refractivity contribution is 5.52. The van der Waals surface area contributed by atoms with Crippen LogP contribution in [0.4, 0.5) is 0 Å². The summed E-state index contributed by atoms with van der Waals surface area (Å²) in [5.41, 5.74) is 4.54. The van der Waals surface area contributed by atoms with Crippen molar-refractivity contribution in [2.75, 3.05) is 0 Å². The van der Waals surface area contributed by atoms with Crippen LogP contribution in [-0.4, -0.2) is 0 Å². The summed E-state index contributed by atoms with van der Waals surface area (Å²) in [6.45, 7) is 12.7. The first-order chi connectivity index (χ1) is 10.3. The summed E-state index contributed by atoms with van der Waals surface area (Å²) in [6.07, 6.45) is 1.13. The first kappa shape index (κ1) is 14.9. The molecule has 2 aromatic rings. The molecule has 3 rings (SSSR count). The molecule has 1 unspecified atom stereocenters. The van der Waals surface area contributed by atoms with E-state index in [2.05, 4.69) is 63.7 Å². The highest BCUT2D eigenvalue weighted by Crippen LogP contribution is 2.52. The van der Waals surface area contributed by atoms with Gasteiger partial charge in [0, 0.05) is 5.41 Å². The van der Waals surface area contributed by atoms with Crippen molar-refractivity contribution in [3.63, 3.8) is 0 Å². The van der Waals surface area contributed by atoms with Gasteiger partial charge in [0.2, 0.25) is 0 Å². The normalized spacial score (nSPS) is 22.2. The molecule has 2 aromatic carbocycles. The molecule has 0 bridgehead atoms. The van der Waals surface area contributed by atoms with Crippen LogP contribution < -0.4 is 4.74 Å². The molecule has 0 aliphatic heterocycles. The van der Waals surface area contributed by atoms with E-state index in [0.717, 1.165) is 12.2 Å². The van der Waals surface area contributed by atoms with Crippen molar-refractivity contribution in [2.24, 2.45) is 0 Å². The molecule has 0 saturated heterocycles. The number of hydrogen-bond acceptors (Lipinski definition) is 1. The van der Waals surface area contributed by atoms with E-state index in [1.807, 2.05) is 19.1 Å². The third kappa shape index (κ3) is 2.35. The Bertz CT molecular complexity index is 709. The van der Waals surface area contributed by atoms with Gasteiger partial charge in [-0.3, -0.25) is 0 Å². The smallest absolute Gasteiger partial charge is 0.126 e. The van der Waals surface area contributed by atoms with Gasteiger partial charge in [0.05, 0.1) is 5.76 Å². The summed E-state index contributed by atoms with van der Waals surface area (Å²) in [6, 6.07) is 17.3. The Balaban J connectivity index is 2.03. The lowest BCUT2D eigenvalue weighted by molar-refractivity contribution is 0.420. The molecule has 22 heavy (non-hydrogen) atoms. The molecule has 0 saturated carbocycles. The number of ether oxygens (including phenoxy) is 1. The van der Waals surface area contributed by atoms with Crippen LogP contribution in [0.1, 0.15) is 50.8 Å². The fourth-order valence-electron chi connectivity index (χ4n) is 3.98. The lowest BCUT2D eigenvalue weighted by atomic mass is 9.75. The second-order valence-electron chi connectivity index (χ2n) is 7.27. The molecule has 1 atom stereocenters. The fourth-order valence-corrected chi connectivity index (χ4v) is 3.98. The lowest BCUT2D eigenvalue weighted by Crippen LogP contribution is -2.23. The highest BCUT2D eigenvalue weighted by Gasteiger charge is 2.45. The fraction of sp³-hybridized carbons (Fsp3) is 0.333. The van der Waals surface area contributed by atoms with Crippen LogP contribution in [0, 0.1) is 0 Å². The van der Waals surface area contributed by atoms with Crippen LogP contribution >= 0.6 is 0 Å². The maximum Gasteiger partial charge on any atom is 0.126 e. The molecule has 0 heterocycles. The summed E-state index contributed by atoms with van der Waals surface area (Å²) in [4.78, 5) is 0. The van der Waals surface area contributed by atoms with Gasteiger partial charge in [-0.2, -0.15) is 0 Å². The number of fused-ring (bicyclic) bond motifs is 1. The molecule has 1 nitrogen and oxygen atoms in total. The van der Waals surface area contributed by atoms with E-state index >= 15 is 0 Å². The first-order valence-electron chi connectivity index (χ1n) is 7.87. The molecule has 0 amide bonds. The third-order valence-corrected chi connectivity index (χ3v) is 4.83. The molecule has 0 fully saturated rings. The largest absolute Gasteiger partial charge is 0.463 e. The van der Waals surface area contributed by atoms with Crippen LogP contribution in [0.15, 0.2) is 60.9 Å². The topological polar surface area (TPSA) is 9.23 Å². The van der Waals surface area contributed by atoms with Crippen molar-refractivity contribution in [3.8, 4) is 5.75 Å². The van der Waals surface area contributed by atoms with E-state index in [-0.39, 0.29) is 10.8 Å². The van der Waals surface area contributed by atoms with Crippen LogP contribution in [0.2, 0.25) is 0 Å². The van der Waals surface area contributed by atoms with Crippen molar-refractivity contribution in [1.29, 1.82) is 0 Å². The minimum atomic E-state index is 0.0574. The monoisotopic (exact) mass is 292 g/mol. The van der Waals surface area contributed by atoms with Gasteiger partial charge >= 0.3 is 0 Å². The Hall–Kier alpha value is -2.02. The average molecular weight is 292 g/mol. The van der Waals surface area contributed by atoms with E-state index in [9.17, 15) is 0 Å². The van der Waals surface area contributed by atoms with Gasteiger partial charge in [-0.15, -0.1) is 0 Å². The molecule has 1 heteroatoms. The predicted molar refractivity (Wildman–Crippen MR) is 92.4 cm³/mol. The van der Waals surface area contributed by atoms with E-state index in [4.69, 9.17) is 4.74 Å². The van der Waals surface area contributed by atoms with Crippen LogP contribution in [0.25, 0.3) is 0 Å². The van der Waals surface area contributed by atoms with Crippen molar-refractivity contribution >= 4 is 0 Å². The standard InChI is InChI=1S/C21H24O/c1-15(2)22-17-12-10-16(11-13-17)21(5)14-20(3,4)18-8-6-7-9-19(18)21/h6-13H,1,14H2,2-5H3. The maximum atomic E-state index is 5.58. The minimum absolute atomic E-state index is 0.0574. The maximum absolute atomic E-state index is 5.58. The second kappa shape index (κ2) is 5.01. The Morgan fingerprint density at radius 3 is 2.14 bits per heavy atom. The average Bonchev–Trinajstić information content (AvgIpc) is 2.67. The van der Waals surface area contributed by atoms with Gasteiger partial charge in [0.1, 0.15) is 5.75 Å². The van der Waals surface area contributed by atoms with Crippen molar-refractivity contribution < 1.29 is 4.74 Å². The highest BCUT2D eigenvalue weighted by atomic mass is 16.5. The quantitative estimate of drug-likeness (QED) is 0.670. The third-order valence-electron chi connectivity index (χ3n) is 4.83. The summed E-state index contributed by atoms with van der Waals surface area (Å²) < 4.78 is 5.58. The van der Waals surface area contributed by atoms with E-state index in [0.29, 0.717) is 5.76 Å². The lowest BCUT2D eigenvalue weighted by Gasteiger charge is -2.28. The summed E-state index contributed by atoms with van der Waals surface area (Å²) in [5.74, 6) is 1.57. The Labute approximate surface area is 133 Å². The zero-order valence-corrected chi connectivity index (χ0v) is 13.9. The first-order valence-corrected chi connectivity index (χ1v) is 7.87. The number of benzene rings is 2. The molecular formula is C21H24O. The van der Waals surface area contributed by atoms with Crippen LogP contribution in [0.5, 0.6) is 5.75 Å². The Kier molecular flexibility index (Phi) is 3.40. The molecule has 0 spiro atoms. The summed E-state index contributed by atoms with van der Waals surface area (Å²) in [5, 5.41) is 0. The van der Waals surface area contributed by atoms with Crippen molar-refractivity contribution in [1.82, 2.24) is 0 Å². The molecular weight excluding hydrogens is 268 g/mol. The van der Waals surface area contributed by atoms with Crippen molar-refractivity contribution in [2.45, 2.75) is 44.9 Å². The molecule has 0 aromatic heterocycles. The molecule has 0 N–H and O–H groups in total. The van der Waals surface area contributed by atoms with Gasteiger partial charge in [-0.1, -0.05) is 63.7 Å². The van der Waals surface area contributed by atoms with E-state index in [1.165, 1.54) is 16.7 Å². The Morgan fingerprint density at radius 2 is 1.55 bits per heavy atom. The SMILES string of the molecule is C=C(C)Oc1ccc(C2(C)CC(C)(C)c3ccccc32)cc1. The minimum Gasteiger partial charge on any atom is -0.463 e. The van der Waals surface area contributed by atoms with E-state index in [1.54, 1.807) is 0 Å². The molecule has 114 valence electrons. The predicted octanol–water partition coefficient (Wildman–Crippen LogP) is 5.59. The second-order valence-corrected chi connectivity index (χ2v) is 7.27. The molecule has 1 aliphatic carbocycles. The summed E-state index contributed by atoms with van der Waals surface area (Å²) >= 11 is 0.